The fourth-order valence-electron chi connectivity index (χ4n) is 2.53. The Bertz CT molecular complexity index is 1080. The third kappa shape index (κ3) is 5.10. The van der Waals surface area contributed by atoms with Gasteiger partial charge in [-0.2, -0.15) is 0 Å². The summed E-state index contributed by atoms with van der Waals surface area (Å²) < 4.78 is 0.220. The Hall–Kier alpha value is -3.50. The van der Waals surface area contributed by atoms with Gasteiger partial charge in [0.05, 0.1) is 15.5 Å². The van der Waals surface area contributed by atoms with Gasteiger partial charge in [-0.25, -0.2) is 0 Å². The first-order chi connectivity index (χ1) is 14.3. The van der Waals surface area contributed by atoms with Crippen LogP contribution in [0.3, 0.4) is 0 Å². The van der Waals surface area contributed by atoms with E-state index in [1.165, 1.54) is 0 Å². The van der Waals surface area contributed by atoms with Crippen LogP contribution in [0.1, 0.15) is 5.56 Å². The molecular formula is C20H15N3O5S2. The number of aromatic hydroxyl groups is 1. The Kier molecular flexibility index (Phi) is 6.60. The van der Waals surface area contributed by atoms with Gasteiger partial charge in [0.15, 0.2) is 0 Å². The number of thiocarbonyl (C=S) groups is 1. The molecule has 0 radical (unpaired) electrons. The summed E-state index contributed by atoms with van der Waals surface area (Å²) in [5.41, 5.74) is 0.559. The molecule has 3 rings (SSSR count). The number of rotatable bonds is 6. The Balaban J connectivity index is 1.66. The van der Waals surface area contributed by atoms with Crippen LogP contribution in [0, 0.1) is 10.1 Å². The molecule has 10 heteroatoms. The van der Waals surface area contributed by atoms with Crippen LogP contribution in [0.2, 0.25) is 0 Å². The fraction of sp³-hybridized carbons (Fsp3) is 0.0500. The molecule has 2 aromatic carbocycles. The number of hydrogen-bond donors (Lipinski definition) is 2. The number of phenolic OH excluding ortho intramolecular Hbond substituents is 1. The van der Waals surface area contributed by atoms with Crippen molar-refractivity contribution >= 4 is 57.6 Å². The van der Waals surface area contributed by atoms with E-state index in [4.69, 9.17) is 12.2 Å². The smallest absolute Gasteiger partial charge is 0.271 e. The van der Waals surface area contributed by atoms with E-state index >= 15 is 0 Å². The summed E-state index contributed by atoms with van der Waals surface area (Å²) >= 11 is 6.26. The van der Waals surface area contributed by atoms with Crippen LogP contribution in [-0.2, 0) is 9.59 Å². The molecule has 1 aliphatic heterocycles. The third-order valence-corrected chi connectivity index (χ3v) is 5.37. The summed E-state index contributed by atoms with van der Waals surface area (Å²) in [7, 11) is 0. The van der Waals surface area contributed by atoms with E-state index in [2.05, 4.69) is 5.32 Å². The average molecular weight is 441 g/mol. The number of phenols is 1. The van der Waals surface area contributed by atoms with Gasteiger partial charge in [-0.15, -0.1) is 0 Å². The summed E-state index contributed by atoms with van der Waals surface area (Å²) in [4.78, 5) is 36.6. The van der Waals surface area contributed by atoms with E-state index in [0.29, 0.717) is 4.91 Å². The SMILES string of the molecule is O=C(CN1C(=O)/C(=C/C=C/c2ccccc2)SC1=S)Nc1cc([N+](=O)[O-])ccc1O. The molecule has 0 unspecified atom stereocenters. The summed E-state index contributed by atoms with van der Waals surface area (Å²) in [5, 5.41) is 23.0. The topological polar surface area (TPSA) is 113 Å². The molecule has 1 fully saturated rings. The summed E-state index contributed by atoms with van der Waals surface area (Å²) in [6.07, 6.45) is 5.18. The molecule has 2 amide bonds. The first-order valence-electron chi connectivity index (χ1n) is 8.59. The number of carbonyl (C=O) groups is 2. The Morgan fingerprint density at radius 2 is 2.00 bits per heavy atom. The molecule has 0 saturated carbocycles. The van der Waals surface area contributed by atoms with Crippen molar-refractivity contribution in [2.75, 3.05) is 11.9 Å². The lowest BCUT2D eigenvalue weighted by Crippen LogP contribution is -2.36. The van der Waals surface area contributed by atoms with E-state index in [-0.39, 0.29) is 28.0 Å². The number of nitro benzene ring substituents is 1. The molecule has 8 nitrogen and oxygen atoms in total. The van der Waals surface area contributed by atoms with Crippen LogP contribution < -0.4 is 5.32 Å². The zero-order valence-electron chi connectivity index (χ0n) is 15.3. The van der Waals surface area contributed by atoms with E-state index < -0.39 is 16.7 Å². The maximum absolute atomic E-state index is 12.6. The number of hydrogen-bond acceptors (Lipinski definition) is 7. The number of benzene rings is 2. The van der Waals surface area contributed by atoms with Crippen LogP contribution in [-0.4, -0.2) is 37.6 Å². The zero-order valence-corrected chi connectivity index (χ0v) is 17.0. The van der Waals surface area contributed by atoms with Gasteiger partial charge in [-0.3, -0.25) is 24.6 Å². The average Bonchev–Trinajstić information content (AvgIpc) is 2.98. The molecule has 0 spiro atoms. The third-order valence-electron chi connectivity index (χ3n) is 3.98. The van der Waals surface area contributed by atoms with Crippen LogP contribution >= 0.6 is 24.0 Å². The Labute approximate surface area is 181 Å². The highest BCUT2D eigenvalue weighted by Crippen LogP contribution is 2.31. The molecule has 0 aliphatic carbocycles. The number of carbonyl (C=O) groups excluding carboxylic acids is 2. The Morgan fingerprint density at radius 3 is 2.70 bits per heavy atom. The molecule has 2 N–H and O–H groups in total. The first kappa shape index (κ1) is 21.2. The number of nitrogens with one attached hydrogen (secondary N) is 1. The summed E-state index contributed by atoms with van der Waals surface area (Å²) in [6.45, 7) is -0.382. The maximum atomic E-state index is 12.6. The van der Waals surface area contributed by atoms with Crippen molar-refractivity contribution < 1.29 is 19.6 Å². The van der Waals surface area contributed by atoms with E-state index in [1.807, 2.05) is 36.4 Å². The van der Waals surface area contributed by atoms with Crippen molar-refractivity contribution in [3.63, 3.8) is 0 Å². The maximum Gasteiger partial charge on any atom is 0.271 e. The minimum absolute atomic E-state index is 0.124. The van der Waals surface area contributed by atoms with Crippen molar-refractivity contribution in [3.05, 3.63) is 81.3 Å². The van der Waals surface area contributed by atoms with Crippen LogP contribution in [0.5, 0.6) is 5.75 Å². The molecule has 0 bridgehead atoms. The molecule has 30 heavy (non-hydrogen) atoms. The summed E-state index contributed by atoms with van der Waals surface area (Å²) in [5.74, 6) is -1.39. The highest BCUT2D eigenvalue weighted by atomic mass is 32.2. The molecule has 0 aromatic heterocycles. The van der Waals surface area contributed by atoms with Crippen molar-refractivity contribution in [1.82, 2.24) is 4.90 Å². The monoisotopic (exact) mass is 441 g/mol. The van der Waals surface area contributed by atoms with E-state index in [9.17, 15) is 24.8 Å². The predicted octanol–water partition coefficient (Wildman–Crippen LogP) is 3.70. The van der Waals surface area contributed by atoms with Crippen molar-refractivity contribution in [2.24, 2.45) is 0 Å². The minimum Gasteiger partial charge on any atom is -0.506 e. The number of thioether (sulfide) groups is 1. The van der Waals surface area contributed by atoms with Gasteiger partial charge in [0, 0.05) is 12.1 Å². The Morgan fingerprint density at radius 1 is 1.27 bits per heavy atom. The zero-order chi connectivity index (χ0) is 21.7. The van der Waals surface area contributed by atoms with Crippen LogP contribution in [0.4, 0.5) is 11.4 Å². The molecule has 1 aliphatic rings. The molecule has 1 heterocycles. The largest absolute Gasteiger partial charge is 0.506 e. The highest BCUT2D eigenvalue weighted by Gasteiger charge is 2.33. The van der Waals surface area contributed by atoms with Gasteiger partial charge in [-0.05, 0) is 17.7 Å². The second-order valence-corrected chi connectivity index (χ2v) is 7.74. The minimum atomic E-state index is -0.650. The van der Waals surface area contributed by atoms with Gasteiger partial charge < -0.3 is 10.4 Å². The summed E-state index contributed by atoms with van der Waals surface area (Å²) in [6, 6.07) is 12.8. The quantitative estimate of drug-likeness (QED) is 0.231. The van der Waals surface area contributed by atoms with Crippen molar-refractivity contribution in [2.45, 2.75) is 0 Å². The molecule has 1 saturated heterocycles. The normalized spacial score (nSPS) is 15.2. The molecule has 2 aromatic rings. The number of nitro groups is 1. The second kappa shape index (κ2) is 9.33. The lowest BCUT2D eigenvalue weighted by molar-refractivity contribution is -0.384. The second-order valence-electron chi connectivity index (χ2n) is 6.07. The standard InChI is InChI=1S/C20H15N3O5S2/c24-16-10-9-14(23(27)28)11-15(16)21-18(25)12-22-19(26)17(30-20(22)29)8-4-7-13-5-2-1-3-6-13/h1-11,24H,12H2,(H,21,25)/b7-4+,17-8-. The van der Waals surface area contributed by atoms with Gasteiger partial charge in [0.2, 0.25) is 5.91 Å². The number of non-ortho nitro benzene ring substituents is 1. The highest BCUT2D eigenvalue weighted by molar-refractivity contribution is 8.26. The lowest BCUT2D eigenvalue weighted by atomic mass is 10.2. The van der Waals surface area contributed by atoms with Gasteiger partial charge in [0.1, 0.15) is 16.6 Å². The fourth-order valence-corrected chi connectivity index (χ4v) is 3.74. The van der Waals surface area contributed by atoms with Gasteiger partial charge >= 0.3 is 0 Å². The first-order valence-corrected chi connectivity index (χ1v) is 9.82. The molecule has 152 valence electrons. The van der Waals surface area contributed by atoms with Gasteiger partial charge in [-0.1, -0.05) is 66.5 Å². The number of amides is 2. The van der Waals surface area contributed by atoms with Crippen molar-refractivity contribution in [1.29, 1.82) is 0 Å². The van der Waals surface area contributed by atoms with Crippen LogP contribution in [0.15, 0.2) is 65.6 Å². The number of nitrogens with zero attached hydrogens (tertiary/aromatic N) is 2. The molecule has 0 atom stereocenters. The number of anilines is 1. The van der Waals surface area contributed by atoms with E-state index in [1.54, 1.807) is 12.2 Å². The van der Waals surface area contributed by atoms with Crippen LogP contribution in [0.25, 0.3) is 6.08 Å². The lowest BCUT2D eigenvalue weighted by Gasteiger charge is -2.14. The van der Waals surface area contributed by atoms with Crippen molar-refractivity contribution in [3.8, 4) is 5.75 Å². The molecular weight excluding hydrogens is 426 g/mol. The number of allylic oxidation sites excluding steroid dienone is 2. The van der Waals surface area contributed by atoms with E-state index in [0.717, 1.165) is 40.4 Å². The predicted molar refractivity (Wildman–Crippen MR) is 119 cm³/mol. The van der Waals surface area contributed by atoms with Gasteiger partial charge in [0.25, 0.3) is 11.6 Å².